The Kier molecular flexibility index (Phi) is 15.8. The van der Waals surface area contributed by atoms with Gasteiger partial charge >= 0.3 is 65.0 Å². The molecule has 0 fully saturated rings. The van der Waals surface area contributed by atoms with Crippen molar-refractivity contribution in [2.45, 2.75) is 26.4 Å². The van der Waals surface area contributed by atoms with E-state index in [1.54, 1.807) is 0 Å². The molecule has 0 unspecified atom stereocenters. The van der Waals surface area contributed by atoms with Gasteiger partial charge in [-0.25, -0.2) is 4.79 Å². The van der Waals surface area contributed by atoms with Crippen molar-refractivity contribution >= 4 is 13.6 Å². The number of carbonyl (C=O) groups excluding carboxylic acids is 1. The van der Waals surface area contributed by atoms with Crippen LogP contribution >= 0.6 is 0 Å². The molecule has 0 aliphatic rings. The molecular formula is C7H14BF3KNO2. The molecule has 0 aliphatic heterocycles. The van der Waals surface area contributed by atoms with Crippen molar-refractivity contribution in [3.05, 3.63) is 6.92 Å². The van der Waals surface area contributed by atoms with E-state index in [2.05, 4.69) is 12.2 Å². The number of nitrogens with one attached hydrogen (secondary N) is 1. The van der Waals surface area contributed by atoms with Gasteiger partial charge in [0.1, 0.15) is 5.60 Å². The van der Waals surface area contributed by atoms with Crippen LogP contribution in [0.1, 0.15) is 20.8 Å². The Morgan fingerprint density at radius 1 is 1.40 bits per heavy atom. The largest absolute Gasteiger partial charge is 1.00 e. The van der Waals surface area contributed by atoms with Crippen LogP contribution in [0.3, 0.4) is 0 Å². The van der Waals surface area contributed by atoms with Gasteiger partial charge < -0.3 is 17.0 Å². The second kappa shape index (κ2) is 11.3. The summed E-state index contributed by atoms with van der Waals surface area (Å²) in [6, 6.07) is 0. The molecule has 0 atom stereocenters. The first-order valence-corrected chi connectivity index (χ1v) is 3.87. The number of hydrogen-bond acceptors (Lipinski definition) is 2. The van der Waals surface area contributed by atoms with E-state index in [1.165, 1.54) is 0 Å². The second-order valence-electron chi connectivity index (χ2n) is 3.18. The fraction of sp³-hybridized carbons (Fsp3) is 0.714. The molecule has 1 N–H and O–H groups in total. The Morgan fingerprint density at radius 2 is 1.73 bits per heavy atom. The van der Waals surface area contributed by atoms with Gasteiger partial charge in [-0.2, -0.15) is 0 Å². The molecule has 84 valence electrons. The Morgan fingerprint density at radius 3 is 1.93 bits per heavy atom. The number of carbonyl (C=O) groups is 1. The van der Waals surface area contributed by atoms with Gasteiger partial charge in [0.15, 0.2) is 0 Å². The van der Waals surface area contributed by atoms with Crippen LogP contribution in [-0.4, -0.2) is 25.8 Å². The van der Waals surface area contributed by atoms with E-state index in [1.807, 2.05) is 20.8 Å². The maximum atomic E-state index is 10.7. The topological polar surface area (TPSA) is 38.3 Å². The minimum atomic E-state index is -3.67. The SMILES string of the molecule is FB(F)F.[CH2-]CNC(=O)OC(C)(C)C.[K+]. The number of alkyl carbamates (subject to hydrolysis) is 1. The third-order valence-corrected chi connectivity index (χ3v) is 0.668. The standard InChI is InChI=1S/C7H14NO2.BF3.K/c1-5-8-6(9)10-7(2,3)4;2-1(3)4;/h1,5H2,2-4H3,(H,8,9);;/q-1;;+1. The summed E-state index contributed by atoms with van der Waals surface area (Å²) < 4.78 is 33.9. The van der Waals surface area contributed by atoms with Gasteiger partial charge in [-0.15, -0.1) is 6.54 Å². The van der Waals surface area contributed by atoms with Crippen LogP contribution in [0.15, 0.2) is 0 Å². The van der Waals surface area contributed by atoms with Gasteiger partial charge in [-0.1, -0.05) is 0 Å². The Balaban J connectivity index is -0.000000249. The monoisotopic (exact) mass is 251 g/mol. The third kappa shape index (κ3) is 31.3. The molecule has 0 spiro atoms. The van der Waals surface area contributed by atoms with Crippen molar-refractivity contribution in [3.8, 4) is 0 Å². The summed E-state index contributed by atoms with van der Waals surface area (Å²) in [4.78, 5) is 10.7. The van der Waals surface area contributed by atoms with Crippen LogP contribution in [0.25, 0.3) is 0 Å². The predicted molar refractivity (Wildman–Crippen MR) is 48.7 cm³/mol. The first-order chi connectivity index (χ1) is 6.19. The molecule has 0 bridgehead atoms. The van der Waals surface area contributed by atoms with Gasteiger partial charge in [0.05, 0.1) is 0 Å². The van der Waals surface area contributed by atoms with Crippen molar-refractivity contribution < 1.29 is 73.9 Å². The van der Waals surface area contributed by atoms with Crippen LogP contribution < -0.4 is 56.7 Å². The third-order valence-electron chi connectivity index (χ3n) is 0.668. The maximum absolute atomic E-state index is 10.7. The maximum Gasteiger partial charge on any atom is 1.00 e. The summed E-state index contributed by atoms with van der Waals surface area (Å²) in [6.07, 6.45) is -0.414. The number of ether oxygens (including phenoxy) is 1. The van der Waals surface area contributed by atoms with Crippen molar-refractivity contribution in [3.63, 3.8) is 0 Å². The smallest absolute Gasteiger partial charge is 0.444 e. The fourth-order valence-corrected chi connectivity index (χ4v) is 0.416. The van der Waals surface area contributed by atoms with E-state index in [0.29, 0.717) is 6.54 Å². The summed E-state index contributed by atoms with van der Waals surface area (Å²) in [5.74, 6) is 0. The van der Waals surface area contributed by atoms with E-state index in [-0.39, 0.29) is 51.4 Å². The van der Waals surface area contributed by atoms with Crippen molar-refractivity contribution in [1.82, 2.24) is 5.32 Å². The zero-order chi connectivity index (χ0) is 11.8. The first kappa shape index (κ1) is 21.1. The Labute approximate surface area is 131 Å². The zero-order valence-corrected chi connectivity index (χ0v) is 12.6. The van der Waals surface area contributed by atoms with Gasteiger partial charge in [0, 0.05) is 0 Å². The summed E-state index contributed by atoms with van der Waals surface area (Å²) >= 11 is 0. The van der Waals surface area contributed by atoms with E-state index in [0.717, 1.165) is 0 Å². The molecular weight excluding hydrogens is 237 g/mol. The minimum Gasteiger partial charge on any atom is -0.444 e. The van der Waals surface area contributed by atoms with Crippen LogP contribution in [0, 0.1) is 6.92 Å². The molecule has 0 aromatic rings. The normalized spacial score (nSPS) is 9.00. The van der Waals surface area contributed by atoms with Gasteiger partial charge in [0.25, 0.3) is 0 Å². The fourth-order valence-electron chi connectivity index (χ4n) is 0.416. The summed E-state index contributed by atoms with van der Waals surface area (Å²) in [5.41, 5.74) is -0.417. The van der Waals surface area contributed by atoms with Gasteiger partial charge in [0.2, 0.25) is 0 Å². The molecule has 0 aromatic heterocycles. The van der Waals surface area contributed by atoms with Crippen LogP contribution in [0.5, 0.6) is 0 Å². The minimum absolute atomic E-state index is 0. The molecule has 1 amide bonds. The molecule has 3 nitrogen and oxygen atoms in total. The molecule has 0 rings (SSSR count). The van der Waals surface area contributed by atoms with E-state index in [4.69, 9.17) is 4.74 Å². The summed E-state index contributed by atoms with van der Waals surface area (Å²) in [7, 11) is -3.67. The van der Waals surface area contributed by atoms with Crippen LogP contribution in [0.4, 0.5) is 17.7 Å². The van der Waals surface area contributed by atoms with E-state index >= 15 is 0 Å². The molecule has 8 heteroatoms. The van der Waals surface area contributed by atoms with Gasteiger partial charge in [-0.05, 0) is 20.8 Å². The average molecular weight is 251 g/mol. The van der Waals surface area contributed by atoms with Crippen LogP contribution in [0.2, 0.25) is 0 Å². The number of halogens is 3. The zero-order valence-electron chi connectivity index (χ0n) is 9.44. The van der Waals surface area contributed by atoms with E-state index in [9.17, 15) is 17.7 Å². The number of amides is 1. The number of rotatable bonds is 1. The second-order valence-corrected chi connectivity index (χ2v) is 3.18. The Bertz CT molecular complexity index is 164. The van der Waals surface area contributed by atoms with Crippen molar-refractivity contribution in [2.24, 2.45) is 0 Å². The molecule has 0 aromatic carbocycles. The quantitative estimate of drug-likeness (QED) is 0.491. The molecule has 0 saturated heterocycles. The number of hydrogen-bond donors (Lipinski definition) is 1. The van der Waals surface area contributed by atoms with Gasteiger partial charge in [-0.3, -0.25) is 12.9 Å². The molecule has 0 saturated carbocycles. The molecule has 0 aliphatic carbocycles. The van der Waals surface area contributed by atoms with E-state index < -0.39 is 19.2 Å². The average Bonchev–Trinajstić information content (AvgIpc) is 1.80. The predicted octanol–water partition coefficient (Wildman–Crippen LogP) is -0.771. The van der Waals surface area contributed by atoms with Crippen LogP contribution in [-0.2, 0) is 4.74 Å². The molecule has 0 radical (unpaired) electrons. The first-order valence-electron chi connectivity index (χ1n) is 3.87. The Hall–Kier alpha value is 0.761. The summed E-state index contributed by atoms with van der Waals surface area (Å²) in [5, 5.41) is 2.43. The molecule has 0 heterocycles. The molecule has 15 heavy (non-hydrogen) atoms. The van der Waals surface area contributed by atoms with Crippen molar-refractivity contribution in [2.75, 3.05) is 6.54 Å². The van der Waals surface area contributed by atoms with Crippen molar-refractivity contribution in [1.29, 1.82) is 0 Å². The summed E-state index contributed by atoms with van der Waals surface area (Å²) in [6.45, 7) is 9.25.